The Balaban J connectivity index is 2.92. The van der Waals surface area contributed by atoms with Crippen LogP contribution in [0.5, 0.6) is 0 Å². The van der Waals surface area contributed by atoms with Gasteiger partial charge < -0.3 is 9.90 Å². The largest absolute Gasteiger partial charge is 0.511 e. The summed E-state index contributed by atoms with van der Waals surface area (Å²) in [7, 11) is 0. The molecule has 0 atom stereocenters. The SMILES string of the molecule is CCCC(O)=C1C(=O)CC(C=O)CC1=O. The molecule has 4 nitrogen and oxygen atoms in total. The Morgan fingerprint density at radius 1 is 1.40 bits per heavy atom. The zero-order valence-corrected chi connectivity index (χ0v) is 8.66. The molecule has 15 heavy (non-hydrogen) atoms. The number of ketones is 2. The maximum absolute atomic E-state index is 11.5. The second-order valence-corrected chi connectivity index (χ2v) is 3.72. The van der Waals surface area contributed by atoms with E-state index in [1.165, 1.54) is 0 Å². The van der Waals surface area contributed by atoms with E-state index in [4.69, 9.17) is 0 Å². The average Bonchev–Trinajstić information content (AvgIpc) is 2.16. The highest BCUT2D eigenvalue weighted by Gasteiger charge is 2.32. The number of allylic oxidation sites excluding steroid dienone is 2. The topological polar surface area (TPSA) is 71.4 Å². The van der Waals surface area contributed by atoms with Crippen molar-refractivity contribution >= 4 is 17.9 Å². The number of rotatable bonds is 3. The minimum Gasteiger partial charge on any atom is -0.511 e. The van der Waals surface area contributed by atoms with Crippen LogP contribution in [0.4, 0.5) is 0 Å². The minimum absolute atomic E-state index is 0.0400. The van der Waals surface area contributed by atoms with E-state index in [1.807, 2.05) is 6.92 Å². The van der Waals surface area contributed by atoms with Crippen molar-refractivity contribution in [1.82, 2.24) is 0 Å². The first-order valence-corrected chi connectivity index (χ1v) is 5.04. The van der Waals surface area contributed by atoms with Gasteiger partial charge in [0.2, 0.25) is 0 Å². The molecule has 1 saturated carbocycles. The summed E-state index contributed by atoms with van der Waals surface area (Å²) < 4.78 is 0. The van der Waals surface area contributed by atoms with Crippen molar-refractivity contribution < 1.29 is 19.5 Å². The molecule has 1 N–H and O–H groups in total. The highest BCUT2D eigenvalue weighted by atomic mass is 16.3. The zero-order chi connectivity index (χ0) is 11.4. The summed E-state index contributed by atoms with van der Waals surface area (Å²) in [6.07, 6.45) is 1.71. The number of hydrogen-bond acceptors (Lipinski definition) is 4. The Kier molecular flexibility index (Phi) is 3.77. The quantitative estimate of drug-likeness (QED) is 0.330. The molecule has 1 rings (SSSR count). The van der Waals surface area contributed by atoms with E-state index in [1.54, 1.807) is 0 Å². The first-order chi connectivity index (χ1) is 7.10. The Bertz CT molecular complexity index is 307. The van der Waals surface area contributed by atoms with E-state index in [2.05, 4.69) is 0 Å². The van der Waals surface area contributed by atoms with Crippen LogP contribution in [0.25, 0.3) is 0 Å². The van der Waals surface area contributed by atoms with Crippen molar-refractivity contribution in [1.29, 1.82) is 0 Å². The molecule has 0 saturated heterocycles. The standard InChI is InChI=1S/C11H14O4/c1-2-3-8(13)11-9(14)4-7(6-12)5-10(11)15/h6-7,13H,2-5H2,1H3. The van der Waals surface area contributed by atoms with Crippen molar-refractivity contribution in [2.24, 2.45) is 5.92 Å². The van der Waals surface area contributed by atoms with Gasteiger partial charge in [0, 0.05) is 25.2 Å². The number of hydrogen-bond donors (Lipinski definition) is 1. The lowest BCUT2D eigenvalue weighted by Crippen LogP contribution is -2.28. The van der Waals surface area contributed by atoms with Crippen LogP contribution in [-0.2, 0) is 14.4 Å². The van der Waals surface area contributed by atoms with Crippen molar-refractivity contribution in [3.63, 3.8) is 0 Å². The fourth-order valence-electron chi connectivity index (χ4n) is 1.69. The molecule has 0 aromatic rings. The average molecular weight is 210 g/mol. The number of Topliss-reactive ketones (excluding diaryl/α,β-unsaturated/α-hetero) is 2. The van der Waals surface area contributed by atoms with E-state index < -0.39 is 17.5 Å². The van der Waals surface area contributed by atoms with Gasteiger partial charge in [-0.05, 0) is 6.42 Å². The molecule has 4 heteroatoms. The smallest absolute Gasteiger partial charge is 0.170 e. The third-order valence-electron chi connectivity index (χ3n) is 2.42. The molecule has 82 valence electrons. The Hall–Kier alpha value is -1.45. The molecular weight excluding hydrogens is 196 g/mol. The molecule has 1 fully saturated rings. The van der Waals surface area contributed by atoms with Gasteiger partial charge in [-0.2, -0.15) is 0 Å². The van der Waals surface area contributed by atoms with Gasteiger partial charge >= 0.3 is 0 Å². The molecule has 0 aliphatic heterocycles. The Labute approximate surface area is 88.0 Å². The minimum atomic E-state index is -0.511. The van der Waals surface area contributed by atoms with E-state index in [0.717, 1.165) is 0 Å². The molecule has 0 spiro atoms. The molecule has 0 bridgehead atoms. The van der Waals surface area contributed by atoms with Crippen LogP contribution in [-0.4, -0.2) is 23.0 Å². The van der Waals surface area contributed by atoms with Gasteiger partial charge in [-0.25, -0.2) is 0 Å². The van der Waals surface area contributed by atoms with Crippen molar-refractivity contribution in [3.05, 3.63) is 11.3 Å². The number of aldehydes is 1. The van der Waals surface area contributed by atoms with E-state index in [-0.39, 0.29) is 24.2 Å². The first-order valence-electron chi connectivity index (χ1n) is 5.04. The van der Waals surface area contributed by atoms with E-state index >= 15 is 0 Å². The van der Waals surface area contributed by atoms with Crippen LogP contribution in [0.3, 0.4) is 0 Å². The molecule has 0 amide bonds. The van der Waals surface area contributed by atoms with Crippen LogP contribution >= 0.6 is 0 Å². The summed E-state index contributed by atoms with van der Waals surface area (Å²) in [5.74, 6) is -1.45. The number of aliphatic hydroxyl groups is 1. The zero-order valence-electron chi connectivity index (χ0n) is 8.66. The summed E-state index contributed by atoms with van der Waals surface area (Å²) in [5, 5.41) is 9.52. The monoisotopic (exact) mass is 210 g/mol. The fraction of sp³-hybridized carbons (Fsp3) is 0.545. The van der Waals surface area contributed by atoms with E-state index in [9.17, 15) is 19.5 Å². The van der Waals surface area contributed by atoms with Gasteiger partial charge in [-0.3, -0.25) is 9.59 Å². The summed E-state index contributed by atoms with van der Waals surface area (Å²) in [4.78, 5) is 33.5. The Morgan fingerprint density at radius 3 is 2.33 bits per heavy atom. The van der Waals surface area contributed by atoms with Gasteiger partial charge in [-0.1, -0.05) is 6.92 Å². The summed E-state index contributed by atoms with van der Waals surface area (Å²) in [5.41, 5.74) is -0.0880. The first kappa shape index (κ1) is 11.6. The number of carbonyl (C=O) groups is 3. The summed E-state index contributed by atoms with van der Waals surface area (Å²) >= 11 is 0. The maximum atomic E-state index is 11.5. The van der Waals surface area contributed by atoms with Crippen molar-refractivity contribution in [3.8, 4) is 0 Å². The molecule has 0 heterocycles. The van der Waals surface area contributed by atoms with Crippen LogP contribution in [0, 0.1) is 5.92 Å². The molecule has 0 unspecified atom stereocenters. The third kappa shape index (κ3) is 2.52. The van der Waals surface area contributed by atoms with Gasteiger partial charge in [0.1, 0.15) is 12.0 Å². The molecule has 0 aromatic heterocycles. The van der Waals surface area contributed by atoms with Gasteiger partial charge in [0.25, 0.3) is 0 Å². The lowest BCUT2D eigenvalue weighted by atomic mass is 9.83. The number of carbonyl (C=O) groups excluding carboxylic acids is 3. The van der Waals surface area contributed by atoms with Crippen LogP contribution in [0.1, 0.15) is 32.6 Å². The van der Waals surface area contributed by atoms with Crippen LogP contribution in [0.15, 0.2) is 11.3 Å². The highest BCUT2D eigenvalue weighted by Crippen LogP contribution is 2.24. The predicted octanol–water partition coefficient (Wildman–Crippen LogP) is 1.35. The molecule has 1 aliphatic rings. The Morgan fingerprint density at radius 2 is 1.93 bits per heavy atom. The van der Waals surface area contributed by atoms with Gasteiger partial charge in [-0.15, -0.1) is 0 Å². The lowest BCUT2D eigenvalue weighted by Gasteiger charge is -2.18. The highest BCUT2D eigenvalue weighted by molar-refractivity contribution is 6.23. The number of aliphatic hydroxyl groups excluding tert-OH is 1. The predicted molar refractivity (Wildman–Crippen MR) is 53.4 cm³/mol. The van der Waals surface area contributed by atoms with Crippen molar-refractivity contribution in [2.75, 3.05) is 0 Å². The van der Waals surface area contributed by atoms with Gasteiger partial charge in [0.15, 0.2) is 11.6 Å². The third-order valence-corrected chi connectivity index (χ3v) is 2.42. The van der Waals surface area contributed by atoms with Crippen LogP contribution in [0.2, 0.25) is 0 Å². The van der Waals surface area contributed by atoms with Crippen LogP contribution < -0.4 is 0 Å². The molecule has 0 aromatic carbocycles. The van der Waals surface area contributed by atoms with E-state index in [0.29, 0.717) is 19.1 Å². The summed E-state index contributed by atoms with van der Waals surface area (Å²) in [6.45, 7) is 1.85. The van der Waals surface area contributed by atoms with Crippen molar-refractivity contribution in [2.45, 2.75) is 32.6 Å². The molecule has 1 aliphatic carbocycles. The lowest BCUT2D eigenvalue weighted by molar-refractivity contribution is -0.129. The fourth-order valence-corrected chi connectivity index (χ4v) is 1.69. The maximum Gasteiger partial charge on any atom is 0.170 e. The molecular formula is C11H14O4. The normalized spacial score (nSPS) is 21.7. The molecule has 0 radical (unpaired) electrons. The summed E-state index contributed by atoms with van der Waals surface area (Å²) in [6, 6.07) is 0. The second kappa shape index (κ2) is 4.87. The second-order valence-electron chi connectivity index (χ2n) is 3.72. The van der Waals surface area contributed by atoms with Gasteiger partial charge in [0.05, 0.1) is 5.57 Å².